The highest BCUT2D eigenvalue weighted by Gasteiger charge is 2.21. The molecule has 1 N–H and O–H groups in total. The first-order chi connectivity index (χ1) is 11.9. The van der Waals surface area contributed by atoms with Crippen LogP contribution in [-0.2, 0) is 11.2 Å². The van der Waals surface area contributed by atoms with Gasteiger partial charge in [-0.25, -0.2) is 0 Å². The number of ether oxygens (including phenoxy) is 1. The summed E-state index contributed by atoms with van der Waals surface area (Å²) < 4.78 is 5.90. The predicted octanol–water partition coefficient (Wildman–Crippen LogP) is 2.42. The molecule has 2 heterocycles. The summed E-state index contributed by atoms with van der Waals surface area (Å²) in [4.78, 5) is 16.9. The molecular weight excluding hydrogens is 302 g/mol. The van der Waals surface area contributed by atoms with Gasteiger partial charge in [0.25, 0.3) is 0 Å². The number of carbonyl (C=O) groups is 1. The SMILES string of the molecule is O=CN(CCCCNCC1Cc2ccccc2O1)c1ccncc1. The van der Waals surface area contributed by atoms with Crippen LogP contribution in [0.2, 0.25) is 0 Å². The number of fused-ring (bicyclic) bond motifs is 1. The Hall–Kier alpha value is -2.40. The summed E-state index contributed by atoms with van der Waals surface area (Å²) in [5, 5.41) is 3.45. The summed E-state index contributed by atoms with van der Waals surface area (Å²) in [6.45, 7) is 2.51. The van der Waals surface area contributed by atoms with Crippen LogP contribution in [0.3, 0.4) is 0 Å². The second kappa shape index (κ2) is 8.45. The minimum atomic E-state index is 0.227. The van der Waals surface area contributed by atoms with E-state index in [0.29, 0.717) is 0 Å². The molecule has 1 aromatic carbocycles. The molecule has 2 aromatic rings. The lowest BCUT2D eigenvalue weighted by molar-refractivity contribution is -0.107. The third-order valence-electron chi connectivity index (χ3n) is 4.21. The van der Waals surface area contributed by atoms with Crippen LogP contribution in [-0.4, -0.2) is 37.1 Å². The third-order valence-corrected chi connectivity index (χ3v) is 4.21. The van der Waals surface area contributed by atoms with E-state index in [2.05, 4.69) is 22.4 Å². The number of hydrogen-bond acceptors (Lipinski definition) is 4. The number of aromatic nitrogens is 1. The van der Waals surface area contributed by atoms with Crippen LogP contribution in [0.25, 0.3) is 0 Å². The highest BCUT2D eigenvalue weighted by atomic mass is 16.5. The molecule has 5 heteroatoms. The van der Waals surface area contributed by atoms with Gasteiger partial charge in [-0.3, -0.25) is 9.78 Å². The number of benzene rings is 1. The second-order valence-corrected chi connectivity index (χ2v) is 5.97. The minimum absolute atomic E-state index is 0.227. The van der Waals surface area contributed by atoms with Crippen LogP contribution in [0, 0.1) is 0 Å². The van der Waals surface area contributed by atoms with E-state index in [1.54, 1.807) is 17.3 Å². The number of carbonyl (C=O) groups excluding carboxylic acids is 1. The maximum atomic E-state index is 11.2. The van der Waals surface area contributed by atoms with Crippen LogP contribution in [0.4, 0.5) is 5.69 Å². The summed E-state index contributed by atoms with van der Waals surface area (Å²) in [5.74, 6) is 1.02. The van der Waals surface area contributed by atoms with E-state index < -0.39 is 0 Å². The van der Waals surface area contributed by atoms with Crippen molar-refractivity contribution in [1.82, 2.24) is 10.3 Å². The first kappa shape index (κ1) is 16.5. The molecule has 0 saturated heterocycles. The van der Waals surface area contributed by atoms with Crippen LogP contribution in [0.15, 0.2) is 48.8 Å². The fraction of sp³-hybridized carbons (Fsp3) is 0.368. The van der Waals surface area contributed by atoms with Crippen molar-refractivity contribution in [3.05, 3.63) is 54.4 Å². The Morgan fingerprint density at radius 1 is 1.21 bits per heavy atom. The van der Waals surface area contributed by atoms with Gasteiger partial charge in [-0.2, -0.15) is 0 Å². The molecule has 3 rings (SSSR count). The van der Waals surface area contributed by atoms with Gasteiger partial charge in [0, 0.05) is 37.6 Å². The highest BCUT2D eigenvalue weighted by molar-refractivity contribution is 5.74. The standard InChI is InChI=1S/C19H23N3O2/c23-15-22(17-7-10-20-11-8-17)12-4-3-9-21-14-18-13-16-5-1-2-6-19(16)24-18/h1-2,5-8,10-11,15,18,21H,3-4,9,12-14H2. The van der Waals surface area contributed by atoms with Crippen molar-refractivity contribution in [3.8, 4) is 5.75 Å². The van der Waals surface area contributed by atoms with E-state index >= 15 is 0 Å². The first-order valence-electron chi connectivity index (χ1n) is 8.44. The lowest BCUT2D eigenvalue weighted by atomic mass is 10.1. The lowest BCUT2D eigenvalue weighted by Crippen LogP contribution is -2.31. The summed E-state index contributed by atoms with van der Waals surface area (Å²) >= 11 is 0. The normalized spacial score (nSPS) is 15.6. The molecule has 0 bridgehead atoms. The molecule has 0 saturated carbocycles. The topological polar surface area (TPSA) is 54.5 Å². The molecule has 1 aliphatic rings. The number of nitrogens with zero attached hydrogens (tertiary/aromatic N) is 2. The third kappa shape index (κ3) is 4.32. The van der Waals surface area contributed by atoms with Gasteiger partial charge in [0.1, 0.15) is 11.9 Å². The number of anilines is 1. The number of unbranched alkanes of at least 4 members (excludes halogenated alkanes) is 1. The average molecular weight is 325 g/mol. The Balaban J connectivity index is 1.30. The van der Waals surface area contributed by atoms with Crippen molar-refractivity contribution in [2.75, 3.05) is 24.5 Å². The molecule has 1 aliphatic heterocycles. The molecule has 0 aliphatic carbocycles. The van der Waals surface area contributed by atoms with Gasteiger partial charge in [0.05, 0.1) is 0 Å². The molecule has 126 valence electrons. The average Bonchev–Trinajstić information content (AvgIpc) is 3.05. The number of para-hydroxylation sites is 1. The quantitative estimate of drug-likeness (QED) is 0.568. The molecule has 0 radical (unpaired) electrons. The molecule has 1 amide bonds. The largest absolute Gasteiger partial charge is 0.488 e. The molecule has 1 aromatic heterocycles. The molecule has 24 heavy (non-hydrogen) atoms. The number of pyridine rings is 1. The Morgan fingerprint density at radius 3 is 2.83 bits per heavy atom. The van der Waals surface area contributed by atoms with Crippen molar-refractivity contribution in [2.45, 2.75) is 25.4 Å². The van der Waals surface area contributed by atoms with Crippen molar-refractivity contribution < 1.29 is 9.53 Å². The van der Waals surface area contributed by atoms with Crippen LogP contribution in [0.5, 0.6) is 5.75 Å². The minimum Gasteiger partial charge on any atom is -0.488 e. The van der Waals surface area contributed by atoms with Gasteiger partial charge in [-0.1, -0.05) is 18.2 Å². The van der Waals surface area contributed by atoms with Crippen LogP contribution in [0.1, 0.15) is 18.4 Å². The summed E-state index contributed by atoms with van der Waals surface area (Å²) in [6.07, 6.45) is 7.47. The molecule has 5 nitrogen and oxygen atoms in total. The molecule has 1 atom stereocenters. The maximum Gasteiger partial charge on any atom is 0.214 e. The Morgan fingerprint density at radius 2 is 2.04 bits per heavy atom. The van der Waals surface area contributed by atoms with Crippen molar-refractivity contribution in [2.24, 2.45) is 0 Å². The maximum absolute atomic E-state index is 11.2. The van der Waals surface area contributed by atoms with Crippen LogP contribution >= 0.6 is 0 Å². The Kier molecular flexibility index (Phi) is 5.80. The highest BCUT2D eigenvalue weighted by Crippen LogP contribution is 2.27. The number of amides is 1. The zero-order chi connectivity index (χ0) is 16.6. The van der Waals surface area contributed by atoms with E-state index in [-0.39, 0.29) is 6.10 Å². The summed E-state index contributed by atoms with van der Waals surface area (Å²) in [7, 11) is 0. The number of rotatable bonds is 9. The Bertz CT molecular complexity index is 623. The molecular formula is C19H23N3O2. The van der Waals surface area contributed by atoms with Crippen molar-refractivity contribution in [1.29, 1.82) is 0 Å². The second-order valence-electron chi connectivity index (χ2n) is 5.97. The fourth-order valence-electron chi connectivity index (χ4n) is 2.94. The monoisotopic (exact) mass is 325 g/mol. The van der Waals surface area contributed by atoms with Crippen molar-refractivity contribution >= 4 is 12.1 Å². The smallest absolute Gasteiger partial charge is 0.214 e. The van der Waals surface area contributed by atoms with Crippen LogP contribution < -0.4 is 15.0 Å². The van der Waals surface area contributed by atoms with Gasteiger partial charge in [-0.05, 0) is 43.1 Å². The van der Waals surface area contributed by atoms with Gasteiger partial charge in [0.15, 0.2) is 0 Å². The number of hydrogen-bond donors (Lipinski definition) is 1. The molecule has 0 spiro atoms. The van der Waals surface area contributed by atoms with E-state index in [9.17, 15) is 4.79 Å². The van der Waals surface area contributed by atoms with Gasteiger partial charge < -0.3 is 15.0 Å². The molecule has 1 unspecified atom stereocenters. The van der Waals surface area contributed by atoms with E-state index in [4.69, 9.17) is 4.74 Å². The summed E-state index contributed by atoms with van der Waals surface area (Å²) in [5.41, 5.74) is 2.19. The predicted molar refractivity (Wildman–Crippen MR) is 94.3 cm³/mol. The Labute approximate surface area is 142 Å². The van der Waals surface area contributed by atoms with E-state index in [1.807, 2.05) is 24.3 Å². The summed E-state index contributed by atoms with van der Waals surface area (Å²) in [6, 6.07) is 11.9. The lowest BCUT2D eigenvalue weighted by Gasteiger charge is -2.17. The van der Waals surface area contributed by atoms with E-state index in [0.717, 1.165) is 56.7 Å². The van der Waals surface area contributed by atoms with E-state index in [1.165, 1.54) is 5.56 Å². The fourth-order valence-corrected chi connectivity index (χ4v) is 2.94. The van der Waals surface area contributed by atoms with Crippen molar-refractivity contribution in [3.63, 3.8) is 0 Å². The van der Waals surface area contributed by atoms with Gasteiger partial charge in [0.2, 0.25) is 6.41 Å². The number of nitrogens with one attached hydrogen (secondary N) is 1. The first-order valence-corrected chi connectivity index (χ1v) is 8.44. The molecule has 0 fully saturated rings. The van der Waals surface area contributed by atoms with Gasteiger partial charge >= 0.3 is 0 Å². The zero-order valence-electron chi connectivity index (χ0n) is 13.7. The zero-order valence-corrected chi connectivity index (χ0v) is 13.7. The van der Waals surface area contributed by atoms with Gasteiger partial charge in [-0.15, -0.1) is 0 Å².